The molecule has 22 heavy (non-hydrogen) atoms. The van der Waals surface area contributed by atoms with E-state index in [4.69, 9.17) is 10.00 Å². The maximum absolute atomic E-state index is 12.2. The standard InChI is InChI=1S/C15H15N5O2/c16-9-12-10-17-19-14(12)18-15(21)11-1-3-13(4-2-11)20-5-7-22-8-6-20/h1-4,10H,5-8H2,(H2,17,18,19,21). The van der Waals surface area contributed by atoms with Crippen LogP contribution in [0.2, 0.25) is 0 Å². The van der Waals surface area contributed by atoms with Gasteiger partial charge < -0.3 is 15.0 Å². The van der Waals surface area contributed by atoms with Crippen LogP contribution in [0.15, 0.2) is 30.5 Å². The van der Waals surface area contributed by atoms with E-state index in [2.05, 4.69) is 20.4 Å². The van der Waals surface area contributed by atoms with E-state index in [1.54, 1.807) is 12.1 Å². The molecule has 1 aliphatic rings. The number of rotatable bonds is 3. The Kier molecular flexibility index (Phi) is 4.03. The lowest BCUT2D eigenvalue weighted by molar-refractivity contribution is 0.102. The molecule has 0 saturated carbocycles. The topological polar surface area (TPSA) is 94.0 Å². The number of morpholine rings is 1. The molecule has 7 nitrogen and oxygen atoms in total. The van der Waals surface area contributed by atoms with Crippen LogP contribution in [0.4, 0.5) is 11.5 Å². The molecule has 0 unspecified atom stereocenters. The maximum Gasteiger partial charge on any atom is 0.256 e. The number of benzene rings is 1. The van der Waals surface area contributed by atoms with Gasteiger partial charge in [0.1, 0.15) is 17.5 Å². The molecular formula is C15H15N5O2. The summed E-state index contributed by atoms with van der Waals surface area (Å²) in [6, 6.07) is 9.32. The number of hydrogen-bond acceptors (Lipinski definition) is 5. The highest BCUT2D eigenvalue weighted by Crippen LogP contribution is 2.18. The molecule has 0 bridgehead atoms. The van der Waals surface area contributed by atoms with E-state index >= 15 is 0 Å². The largest absolute Gasteiger partial charge is 0.378 e. The number of hydrogen-bond donors (Lipinski definition) is 2. The van der Waals surface area contributed by atoms with Gasteiger partial charge in [0.2, 0.25) is 0 Å². The molecule has 1 aromatic carbocycles. The molecule has 112 valence electrons. The molecule has 2 heterocycles. The SMILES string of the molecule is N#Cc1cn[nH]c1NC(=O)c1ccc(N2CCOCC2)cc1. The number of anilines is 2. The molecule has 0 spiro atoms. The zero-order valence-electron chi connectivity index (χ0n) is 11.9. The van der Waals surface area contributed by atoms with Crippen molar-refractivity contribution in [1.82, 2.24) is 10.2 Å². The Hall–Kier alpha value is -2.85. The maximum atomic E-state index is 12.2. The second-order valence-corrected chi connectivity index (χ2v) is 4.87. The number of aromatic amines is 1. The second-order valence-electron chi connectivity index (χ2n) is 4.87. The third kappa shape index (κ3) is 2.92. The molecule has 7 heteroatoms. The van der Waals surface area contributed by atoms with Gasteiger partial charge in [-0.25, -0.2) is 0 Å². The van der Waals surface area contributed by atoms with E-state index in [-0.39, 0.29) is 5.91 Å². The highest BCUT2D eigenvalue weighted by atomic mass is 16.5. The first-order valence-corrected chi connectivity index (χ1v) is 6.95. The van der Waals surface area contributed by atoms with Crippen molar-refractivity contribution in [3.05, 3.63) is 41.6 Å². The van der Waals surface area contributed by atoms with E-state index in [1.165, 1.54) is 6.20 Å². The minimum atomic E-state index is -0.283. The van der Waals surface area contributed by atoms with Gasteiger partial charge in [-0.2, -0.15) is 10.4 Å². The number of carbonyl (C=O) groups is 1. The van der Waals surface area contributed by atoms with Crippen LogP contribution in [0, 0.1) is 11.3 Å². The van der Waals surface area contributed by atoms with Gasteiger partial charge >= 0.3 is 0 Å². The highest BCUT2D eigenvalue weighted by Gasteiger charge is 2.13. The van der Waals surface area contributed by atoms with Crippen LogP contribution in [0.5, 0.6) is 0 Å². The molecule has 0 atom stereocenters. The number of H-pyrrole nitrogens is 1. The summed E-state index contributed by atoms with van der Waals surface area (Å²) in [5.74, 6) is 0.0269. The van der Waals surface area contributed by atoms with Crippen molar-refractivity contribution < 1.29 is 9.53 Å². The van der Waals surface area contributed by atoms with Crippen LogP contribution in [0.25, 0.3) is 0 Å². The molecule has 2 N–H and O–H groups in total. The smallest absolute Gasteiger partial charge is 0.256 e. The molecule has 2 aromatic rings. The number of ether oxygens (including phenoxy) is 1. The number of carbonyl (C=O) groups excluding carboxylic acids is 1. The fourth-order valence-electron chi connectivity index (χ4n) is 2.30. The third-order valence-electron chi connectivity index (χ3n) is 3.50. The molecule has 0 aliphatic carbocycles. The highest BCUT2D eigenvalue weighted by molar-refractivity contribution is 6.04. The van der Waals surface area contributed by atoms with Gasteiger partial charge in [0, 0.05) is 24.3 Å². The summed E-state index contributed by atoms with van der Waals surface area (Å²) in [5.41, 5.74) is 1.90. The monoisotopic (exact) mass is 297 g/mol. The number of nitrogens with one attached hydrogen (secondary N) is 2. The second kappa shape index (κ2) is 6.28. The zero-order chi connectivity index (χ0) is 15.4. The Morgan fingerprint density at radius 3 is 2.73 bits per heavy atom. The summed E-state index contributed by atoms with van der Waals surface area (Å²) in [5, 5.41) is 17.9. The third-order valence-corrected chi connectivity index (χ3v) is 3.50. The van der Waals surface area contributed by atoms with Gasteiger partial charge in [-0.15, -0.1) is 0 Å². The van der Waals surface area contributed by atoms with E-state index in [1.807, 2.05) is 18.2 Å². The molecule has 1 amide bonds. The van der Waals surface area contributed by atoms with Crippen LogP contribution in [0.1, 0.15) is 15.9 Å². The summed E-state index contributed by atoms with van der Waals surface area (Å²) in [7, 11) is 0. The van der Waals surface area contributed by atoms with Gasteiger partial charge in [0.05, 0.1) is 19.4 Å². The Balaban J connectivity index is 1.69. The molecular weight excluding hydrogens is 282 g/mol. The molecule has 3 rings (SSSR count). The fourth-order valence-corrected chi connectivity index (χ4v) is 2.30. The van der Waals surface area contributed by atoms with Crippen LogP contribution in [-0.4, -0.2) is 42.4 Å². The van der Waals surface area contributed by atoms with Crippen molar-refractivity contribution in [3.63, 3.8) is 0 Å². The van der Waals surface area contributed by atoms with Gasteiger partial charge in [0.25, 0.3) is 5.91 Å². The summed E-state index contributed by atoms with van der Waals surface area (Å²) in [6.07, 6.45) is 1.37. The Bertz CT molecular complexity index is 695. The Morgan fingerprint density at radius 2 is 2.05 bits per heavy atom. The quantitative estimate of drug-likeness (QED) is 0.892. The predicted molar refractivity (Wildman–Crippen MR) is 80.7 cm³/mol. The summed E-state index contributed by atoms with van der Waals surface area (Å²) in [6.45, 7) is 3.15. The average Bonchev–Trinajstić information content (AvgIpc) is 3.03. The van der Waals surface area contributed by atoms with E-state index in [0.717, 1.165) is 32.0 Å². The van der Waals surface area contributed by atoms with Crippen molar-refractivity contribution in [3.8, 4) is 6.07 Å². The number of aromatic nitrogens is 2. The fraction of sp³-hybridized carbons (Fsp3) is 0.267. The first kappa shape index (κ1) is 14.1. The molecule has 1 saturated heterocycles. The minimum absolute atomic E-state index is 0.283. The molecule has 0 radical (unpaired) electrons. The molecule has 1 aromatic heterocycles. The molecule has 1 aliphatic heterocycles. The normalized spacial score (nSPS) is 14.4. The number of amides is 1. The number of nitriles is 1. The summed E-state index contributed by atoms with van der Waals surface area (Å²) >= 11 is 0. The molecule has 1 fully saturated rings. The lowest BCUT2D eigenvalue weighted by Gasteiger charge is -2.28. The zero-order valence-corrected chi connectivity index (χ0v) is 11.9. The van der Waals surface area contributed by atoms with Crippen molar-refractivity contribution in [2.24, 2.45) is 0 Å². The van der Waals surface area contributed by atoms with E-state index in [9.17, 15) is 4.79 Å². The summed E-state index contributed by atoms with van der Waals surface area (Å²) < 4.78 is 5.32. The van der Waals surface area contributed by atoms with Crippen molar-refractivity contribution >= 4 is 17.4 Å². The number of nitrogens with zero attached hydrogens (tertiary/aromatic N) is 3. The lowest BCUT2D eigenvalue weighted by Crippen LogP contribution is -2.36. The predicted octanol–water partition coefficient (Wildman–Crippen LogP) is 1.37. The van der Waals surface area contributed by atoms with Gasteiger partial charge in [-0.3, -0.25) is 9.89 Å². The van der Waals surface area contributed by atoms with Crippen LogP contribution < -0.4 is 10.2 Å². The minimum Gasteiger partial charge on any atom is -0.378 e. The average molecular weight is 297 g/mol. The van der Waals surface area contributed by atoms with Crippen molar-refractivity contribution in [1.29, 1.82) is 5.26 Å². The summed E-state index contributed by atoms with van der Waals surface area (Å²) in [4.78, 5) is 14.4. The van der Waals surface area contributed by atoms with E-state index < -0.39 is 0 Å². The van der Waals surface area contributed by atoms with Crippen molar-refractivity contribution in [2.45, 2.75) is 0 Å². The van der Waals surface area contributed by atoms with Crippen LogP contribution in [-0.2, 0) is 4.74 Å². The Labute approximate surface area is 127 Å². The van der Waals surface area contributed by atoms with Gasteiger partial charge in [-0.05, 0) is 24.3 Å². The van der Waals surface area contributed by atoms with Crippen molar-refractivity contribution in [2.75, 3.05) is 36.5 Å². The first-order chi connectivity index (χ1) is 10.8. The van der Waals surface area contributed by atoms with Crippen LogP contribution >= 0.6 is 0 Å². The van der Waals surface area contributed by atoms with E-state index in [0.29, 0.717) is 16.9 Å². The Morgan fingerprint density at radius 1 is 1.32 bits per heavy atom. The first-order valence-electron chi connectivity index (χ1n) is 6.95. The van der Waals surface area contributed by atoms with Gasteiger partial charge in [0.15, 0.2) is 0 Å². The van der Waals surface area contributed by atoms with Gasteiger partial charge in [-0.1, -0.05) is 0 Å². The lowest BCUT2D eigenvalue weighted by atomic mass is 10.1. The van der Waals surface area contributed by atoms with Crippen LogP contribution in [0.3, 0.4) is 0 Å².